The fourth-order valence-electron chi connectivity index (χ4n) is 2.75. The van der Waals surface area contributed by atoms with E-state index in [9.17, 15) is 14.7 Å². The molecule has 1 aromatic carbocycles. The monoisotopic (exact) mass is 259 g/mol. The summed E-state index contributed by atoms with van der Waals surface area (Å²) in [5, 5.41) is 11.9. The maximum atomic E-state index is 12.0. The average Bonchev–Trinajstić information content (AvgIpc) is 3.30. The molecule has 0 heterocycles. The van der Waals surface area contributed by atoms with Crippen LogP contribution < -0.4 is 5.32 Å². The highest BCUT2D eigenvalue weighted by Crippen LogP contribution is 2.70. The summed E-state index contributed by atoms with van der Waals surface area (Å²) in [6, 6.07) is 8.56. The van der Waals surface area contributed by atoms with Gasteiger partial charge in [0.05, 0.1) is 0 Å². The van der Waals surface area contributed by atoms with Crippen molar-refractivity contribution in [2.75, 3.05) is 0 Å². The second-order valence-electron chi connectivity index (χ2n) is 5.71. The van der Waals surface area contributed by atoms with Gasteiger partial charge in [-0.05, 0) is 30.2 Å². The normalized spacial score (nSPS) is 23.7. The molecule has 2 saturated carbocycles. The van der Waals surface area contributed by atoms with Gasteiger partial charge in [-0.2, -0.15) is 0 Å². The van der Waals surface area contributed by atoms with Gasteiger partial charge in [-0.25, -0.2) is 4.79 Å². The van der Waals surface area contributed by atoms with Gasteiger partial charge in [-0.1, -0.05) is 30.3 Å². The molecule has 0 saturated heterocycles. The Morgan fingerprint density at radius 2 is 2.00 bits per heavy atom. The van der Waals surface area contributed by atoms with E-state index in [-0.39, 0.29) is 17.2 Å². The van der Waals surface area contributed by atoms with E-state index in [1.54, 1.807) is 0 Å². The van der Waals surface area contributed by atoms with Crippen molar-refractivity contribution in [1.82, 2.24) is 5.32 Å². The first-order valence-electron chi connectivity index (χ1n) is 6.68. The fourth-order valence-corrected chi connectivity index (χ4v) is 2.75. The molecule has 0 bridgehead atoms. The van der Waals surface area contributed by atoms with E-state index in [0.717, 1.165) is 24.8 Å². The second kappa shape index (κ2) is 4.37. The summed E-state index contributed by atoms with van der Waals surface area (Å²) in [5.41, 5.74) is 1.19. The predicted octanol–water partition coefficient (Wildman–Crippen LogP) is 1.60. The first-order valence-corrected chi connectivity index (χ1v) is 6.68. The van der Waals surface area contributed by atoms with E-state index in [0.29, 0.717) is 6.42 Å². The van der Waals surface area contributed by atoms with Crippen LogP contribution in [0.4, 0.5) is 0 Å². The zero-order chi connectivity index (χ0) is 13.5. The fraction of sp³-hybridized carbons (Fsp3) is 0.467. The largest absolute Gasteiger partial charge is 0.480 e. The summed E-state index contributed by atoms with van der Waals surface area (Å²) < 4.78 is 0. The van der Waals surface area contributed by atoms with E-state index in [1.807, 2.05) is 30.3 Å². The molecule has 2 N–H and O–H groups in total. The van der Waals surface area contributed by atoms with Crippen molar-refractivity contribution in [1.29, 1.82) is 0 Å². The summed E-state index contributed by atoms with van der Waals surface area (Å²) in [6.45, 7) is 0. The third-order valence-corrected chi connectivity index (χ3v) is 4.30. The Labute approximate surface area is 111 Å². The number of benzene rings is 1. The van der Waals surface area contributed by atoms with Crippen LogP contribution in [-0.2, 0) is 16.0 Å². The molecule has 2 fully saturated rings. The Balaban J connectivity index is 1.61. The summed E-state index contributed by atoms with van der Waals surface area (Å²) >= 11 is 0. The minimum absolute atomic E-state index is 0.0603. The zero-order valence-electron chi connectivity index (χ0n) is 10.6. The maximum Gasteiger partial charge on any atom is 0.326 e. The highest BCUT2D eigenvalue weighted by Gasteiger charge is 2.65. The van der Waals surface area contributed by atoms with Gasteiger partial charge in [0.1, 0.15) is 6.04 Å². The lowest BCUT2D eigenvalue weighted by atomic mass is 10.1. The molecule has 4 nitrogen and oxygen atoms in total. The molecule has 0 aliphatic heterocycles. The summed E-state index contributed by atoms with van der Waals surface area (Å²) in [4.78, 5) is 23.2. The van der Waals surface area contributed by atoms with Gasteiger partial charge in [0.15, 0.2) is 0 Å². The van der Waals surface area contributed by atoms with Crippen LogP contribution in [0.3, 0.4) is 0 Å². The Hall–Kier alpha value is -1.84. The van der Waals surface area contributed by atoms with Crippen molar-refractivity contribution in [3.8, 4) is 0 Å². The van der Waals surface area contributed by atoms with Gasteiger partial charge in [0.25, 0.3) is 0 Å². The molecule has 100 valence electrons. The SMILES string of the molecule is O=C(N[C@H](Cc1ccccc1)C(=O)O)C1CC12CC2. The third kappa shape index (κ3) is 2.48. The molecular weight excluding hydrogens is 242 g/mol. The van der Waals surface area contributed by atoms with E-state index in [2.05, 4.69) is 5.32 Å². The Morgan fingerprint density at radius 3 is 2.53 bits per heavy atom. The number of carboxylic acids is 1. The number of amides is 1. The quantitative estimate of drug-likeness (QED) is 0.844. The minimum atomic E-state index is -0.970. The zero-order valence-corrected chi connectivity index (χ0v) is 10.6. The summed E-state index contributed by atoms with van der Waals surface area (Å²) in [7, 11) is 0. The first kappa shape index (κ1) is 12.2. The number of hydrogen-bond donors (Lipinski definition) is 2. The average molecular weight is 259 g/mol. The summed E-state index contributed by atoms with van der Waals surface area (Å²) in [6.07, 6.45) is 3.53. The maximum absolute atomic E-state index is 12.0. The predicted molar refractivity (Wildman–Crippen MR) is 69.5 cm³/mol. The van der Waals surface area contributed by atoms with Gasteiger partial charge in [0, 0.05) is 12.3 Å². The number of carboxylic acid groups (broad SMARTS) is 1. The first-order chi connectivity index (χ1) is 9.11. The van der Waals surface area contributed by atoms with Crippen LogP contribution in [0.15, 0.2) is 30.3 Å². The molecular formula is C15H17NO3. The van der Waals surface area contributed by atoms with Crippen molar-refractivity contribution in [2.45, 2.75) is 31.7 Å². The number of rotatable bonds is 5. The van der Waals surface area contributed by atoms with Crippen LogP contribution >= 0.6 is 0 Å². The van der Waals surface area contributed by atoms with Crippen molar-refractivity contribution in [3.63, 3.8) is 0 Å². The van der Waals surface area contributed by atoms with Gasteiger partial charge in [-0.15, -0.1) is 0 Å². The Morgan fingerprint density at radius 1 is 1.32 bits per heavy atom. The van der Waals surface area contributed by atoms with Crippen LogP contribution in [0.1, 0.15) is 24.8 Å². The molecule has 0 aromatic heterocycles. The smallest absolute Gasteiger partial charge is 0.326 e. The van der Waals surface area contributed by atoms with Gasteiger partial charge in [0.2, 0.25) is 5.91 Å². The van der Waals surface area contributed by atoms with Crippen LogP contribution in [0.5, 0.6) is 0 Å². The van der Waals surface area contributed by atoms with Crippen LogP contribution in [0, 0.1) is 11.3 Å². The molecule has 2 aliphatic rings. The van der Waals surface area contributed by atoms with E-state index in [1.165, 1.54) is 0 Å². The van der Waals surface area contributed by atoms with E-state index < -0.39 is 12.0 Å². The van der Waals surface area contributed by atoms with Crippen molar-refractivity contribution in [2.24, 2.45) is 11.3 Å². The van der Waals surface area contributed by atoms with Crippen molar-refractivity contribution >= 4 is 11.9 Å². The van der Waals surface area contributed by atoms with Crippen LogP contribution in [-0.4, -0.2) is 23.0 Å². The lowest BCUT2D eigenvalue weighted by molar-refractivity contribution is -0.142. The Bertz CT molecular complexity index is 507. The molecule has 1 unspecified atom stereocenters. The number of carbonyl (C=O) groups is 2. The summed E-state index contributed by atoms with van der Waals surface area (Å²) in [5.74, 6) is -0.992. The highest BCUT2D eigenvalue weighted by atomic mass is 16.4. The Kier molecular flexibility index (Phi) is 2.81. The minimum Gasteiger partial charge on any atom is -0.480 e. The number of nitrogens with one attached hydrogen (secondary N) is 1. The molecule has 4 heteroatoms. The molecule has 1 amide bonds. The lowest BCUT2D eigenvalue weighted by Gasteiger charge is -2.14. The molecule has 0 radical (unpaired) electrons. The molecule has 2 aliphatic carbocycles. The third-order valence-electron chi connectivity index (χ3n) is 4.30. The van der Waals surface area contributed by atoms with Gasteiger partial charge in [-0.3, -0.25) is 4.79 Å². The van der Waals surface area contributed by atoms with Crippen molar-refractivity contribution in [3.05, 3.63) is 35.9 Å². The standard InChI is InChI=1S/C15H17NO3/c17-13(11-9-15(11)6-7-15)16-12(14(18)19)8-10-4-2-1-3-5-10/h1-5,11-12H,6-9H2,(H,16,17)(H,18,19)/t11?,12-/m1/s1. The molecule has 1 aromatic rings. The van der Waals surface area contributed by atoms with E-state index >= 15 is 0 Å². The lowest BCUT2D eigenvalue weighted by Crippen LogP contribution is -2.43. The molecule has 19 heavy (non-hydrogen) atoms. The van der Waals surface area contributed by atoms with Crippen LogP contribution in [0.2, 0.25) is 0 Å². The number of aliphatic carboxylic acids is 1. The molecule has 1 spiro atoms. The van der Waals surface area contributed by atoms with Gasteiger partial charge < -0.3 is 10.4 Å². The second-order valence-corrected chi connectivity index (χ2v) is 5.71. The van der Waals surface area contributed by atoms with Crippen LogP contribution in [0.25, 0.3) is 0 Å². The van der Waals surface area contributed by atoms with E-state index in [4.69, 9.17) is 0 Å². The number of carbonyl (C=O) groups excluding carboxylic acids is 1. The van der Waals surface area contributed by atoms with Gasteiger partial charge >= 0.3 is 5.97 Å². The molecule has 2 atom stereocenters. The molecule has 3 rings (SSSR count). The topological polar surface area (TPSA) is 66.4 Å². The number of hydrogen-bond acceptors (Lipinski definition) is 2. The highest BCUT2D eigenvalue weighted by molar-refractivity contribution is 5.88. The van der Waals surface area contributed by atoms with Crippen molar-refractivity contribution < 1.29 is 14.7 Å².